The number of amides is 2. The monoisotopic (exact) mass is 414 g/mol. The number of imide groups is 1. The largest absolute Gasteiger partial charge is 0.396 e. The second-order valence-corrected chi connectivity index (χ2v) is 8.38. The lowest BCUT2D eigenvalue weighted by Crippen LogP contribution is -2.34. The first kappa shape index (κ1) is 25.0. The first-order chi connectivity index (χ1) is 13.4. The predicted molar refractivity (Wildman–Crippen MR) is 106 cm³/mol. The lowest BCUT2D eigenvalue weighted by molar-refractivity contribution is -0.198. The number of carbonyl (C=O) groups is 3. The molecular formula is C20H34N2O7. The average Bonchev–Trinajstić information content (AvgIpc) is 2.90. The predicted octanol–water partition coefficient (Wildman–Crippen LogP) is 2.77. The highest BCUT2D eigenvalue weighted by atomic mass is 16.7. The van der Waals surface area contributed by atoms with E-state index in [0.29, 0.717) is 31.1 Å². The molecule has 29 heavy (non-hydrogen) atoms. The Bertz CT molecular complexity index is 594. The van der Waals surface area contributed by atoms with Crippen molar-refractivity contribution in [1.82, 2.24) is 5.06 Å². The van der Waals surface area contributed by atoms with Gasteiger partial charge in [0.25, 0.3) is 11.8 Å². The number of hydrogen-bond donors (Lipinski definition) is 0. The van der Waals surface area contributed by atoms with Gasteiger partial charge < -0.3 is 19.1 Å². The summed E-state index contributed by atoms with van der Waals surface area (Å²) in [7, 11) is 0. The third kappa shape index (κ3) is 10.4. The summed E-state index contributed by atoms with van der Waals surface area (Å²) in [4.78, 5) is 44.7. The van der Waals surface area contributed by atoms with E-state index < -0.39 is 23.4 Å². The van der Waals surface area contributed by atoms with Crippen molar-refractivity contribution >= 4 is 23.5 Å². The van der Waals surface area contributed by atoms with E-state index in [1.807, 2.05) is 41.5 Å². The van der Waals surface area contributed by atoms with Crippen molar-refractivity contribution < 1.29 is 33.5 Å². The molecule has 0 atom stereocenters. The maximum atomic E-state index is 11.8. The number of oxime groups is 1. The fraction of sp³-hybridized carbons (Fsp3) is 0.800. The fourth-order valence-electron chi connectivity index (χ4n) is 2.40. The molecule has 166 valence electrons. The molecule has 0 bridgehead atoms. The van der Waals surface area contributed by atoms with Gasteiger partial charge in [-0.15, -0.1) is 5.06 Å². The van der Waals surface area contributed by atoms with Crippen LogP contribution in [0.4, 0.5) is 0 Å². The Balaban J connectivity index is 2.24. The molecule has 1 saturated heterocycles. The number of hydrogen-bond acceptors (Lipinski definition) is 8. The molecular weight excluding hydrogens is 380 g/mol. The molecule has 0 aromatic heterocycles. The lowest BCUT2D eigenvalue weighted by atomic mass is 10.0. The number of hydroxylamine groups is 2. The van der Waals surface area contributed by atoms with Gasteiger partial charge in [-0.05, 0) is 48.0 Å². The maximum Gasteiger partial charge on any atom is 0.335 e. The summed E-state index contributed by atoms with van der Waals surface area (Å²) in [6.07, 6.45) is 1.42. The quantitative estimate of drug-likeness (QED) is 0.197. The van der Waals surface area contributed by atoms with Gasteiger partial charge in [-0.2, -0.15) is 0 Å². The van der Waals surface area contributed by atoms with Crippen LogP contribution in [0.25, 0.3) is 0 Å². The summed E-state index contributed by atoms with van der Waals surface area (Å²) >= 11 is 0. The van der Waals surface area contributed by atoms with Gasteiger partial charge in [0, 0.05) is 19.3 Å². The van der Waals surface area contributed by atoms with Gasteiger partial charge in [-0.3, -0.25) is 9.59 Å². The van der Waals surface area contributed by atoms with Crippen molar-refractivity contribution in [3.05, 3.63) is 0 Å². The van der Waals surface area contributed by atoms with E-state index in [1.54, 1.807) is 0 Å². The summed E-state index contributed by atoms with van der Waals surface area (Å²) in [5, 5.41) is 4.44. The Hall–Kier alpha value is -2.00. The lowest BCUT2D eigenvalue weighted by Gasteiger charge is -2.29. The molecule has 0 aliphatic carbocycles. The van der Waals surface area contributed by atoms with Gasteiger partial charge >= 0.3 is 5.97 Å². The summed E-state index contributed by atoms with van der Waals surface area (Å²) < 4.78 is 11.7. The minimum Gasteiger partial charge on any atom is -0.396 e. The molecule has 0 N–H and O–H groups in total. The Labute approximate surface area is 172 Å². The van der Waals surface area contributed by atoms with Crippen LogP contribution in [0.5, 0.6) is 0 Å². The first-order valence-corrected chi connectivity index (χ1v) is 9.89. The van der Waals surface area contributed by atoms with Crippen molar-refractivity contribution in [2.75, 3.05) is 19.8 Å². The van der Waals surface area contributed by atoms with E-state index in [0.717, 1.165) is 5.71 Å². The topological polar surface area (TPSA) is 104 Å². The van der Waals surface area contributed by atoms with Crippen LogP contribution < -0.4 is 0 Å². The van der Waals surface area contributed by atoms with E-state index in [1.165, 1.54) is 0 Å². The van der Waals surface area contributed by atoms with Gasteiger partial charge in [0.05, 0.1) is 36.5 Å². The molecule has 0 aromatic carbocycles. The molecule has 0 saturated carbocycles. The highest BCUT2D eigenvalue weighted by Gasteiger charge is 2.33. The summed E-state index contributed by atoms with van der Waals surface area (Å²) in [5.41, 5.74) is 0.00635. The SMILES string of the molecule is CC(C)=NOCCC(C)(C)OCCC(C)(C)OCCC(=O)ON1C(=O)CCC1=O. The smallest absolute Gasteiger partial charge is 0.335 e. The molecule has 9 nitrogen and oxygen atoms in total. The molecule has 1 rings (SSSR count). The van der Waals surface area contributed by atoms with Crippen LogP contribution in [0.2, 0.25) is 0 Å². The minimum atomic E-state index is -0.674. The Kier molecular flexibility index (Phi) is 9.72. The van der Waals surface area contributed by atoms with Crippen LogP contribution in [0, 0.1) is 0 Å². The van der Waals surface area contributed by atoms with E-state index in [-0.39, 0.29) is 31.5 Å². The van der Waals surface area contributed by atoms with Crippen LogP contribution in [0.15, 0.2) is 5.16 Å². The van der Waals surface area contributed by atoms with Gasteiger partial charge in [0.15, 0.2) is 0 Å². The highest BCUT2D eigenvalue weighted by molar-refractivity contribution is 6.01. The number of carbonyl (C=O) groups excluding carboxylic acids is 3. The molecule has 0 aromatic rings. The van der Waals surface area contributed by atoms with Crippen molar-refractivity contribution in [2.24, 2.45) is 5.16 Å². The first-order valence-electron chi connectivity index (χ1n) is 9.89. The van der Waals surface area contributed by atoms with Crippen LogP contribution in [-0.2, 0) is 33.5 Å². The number of ether oxygens (including phenoxy) is 2. The normalized spacial score (nSPS) is 14.9. The van der Waals surface area contributed by atoms with Gasteiger partial charge in [0.2, 0.25) is 0 Å². The standard InChI is InChI=1S/C20H34N2O7/c1-15(2)21-28-14-11-20(5,6)27-13-10-19(3,4)26-12-9-18(25)29-22-16(23)7-8-17(22)24/h7-14H2,1-6H3. The zero-order chi connectivity index (χ0) is 22.1. The van der Waals surface area contributed by atoms with Crippen LogP contribution in [0.3, 0.4) is 0 Å². The molecule has 0 spiro atoms. The summed E-state index contributed by atoms with van der Waals surface area (Å²) in [6, 6.07) is 0. The van der Waals surface area contributed by atoms with Crippen LogP contribution >= 0.6 is 0 Å². The molecule has 1 aliphatic heterocycles. The minimum absolute atomic E-state index is 0.0540. The van der Waals surface area contributed by atoms with Crippen LogP contribution in [-0.4, -0.2) is 59.6 Å². The molecule has 9 heteroatoms. The molecule has 1 fully saturated rings. The average molecular weight is 414 g/mol. The van der Waals surface area contributed by atoms with Crippen molar-refractivity contribution in [3.63, 3.8) is 0 Å². The molecule has 0 unspecified atom stereocenters. The van der Waals surface area contributed by atoms with E-state index in [2.05, 4.69) is 5.16 Å². The second-order valence-electron chi connectivity index (χ2n) is 8.38. The zero-order valence-electron chi connectivity index (χ0n) is 18.4. The maximum absolute atomic E-state index is 11.8. The highest BCUT2D eigenvalue weighted by Crippen LogP contribution is 2.20. The van der Waals surface area contributed by atoms with E-state index in [9.17, 15) is 14.4 Å². The Morgan fingerprint density at radius 2 is 1.45 bits per heavy atom. The molecule has 2 amide bonds. The third-order valence-corrected chi connectivity index (χ3v) is 4.24. The van der Waals surface area contributed by atoms with E-state index in [4.69, 9.17) is 19.1 Å². The van der Waals surface area contributed by atoms with Crippen molar-refractivity contribution in [2.45, 2.75) is 84.8 Å². The molecule has 0 radical (unpaired) electrons. The van der Waals surface area contributed by atoms with Gasteiger partial charge in [-0.1, -0.05) is 5.16 Å². The second kappa shape index (κ2) is 11.3. The molecule has 1 aliphatic rings. The Morgan fingerprint density at radius 1 is 0.931 bits per heavy atom. The van der Waals surface area contributed by atoms with E-state index >= 15 is 0 Å². The molecule has 1 heterocycles. The fourth-order valence-corrected chi connectivity index (χ4v) is 2.40. The zero-order valence-corrected chi connectivity index (χ0v) is 18.4. The Morgan fingerprint density at radius 3 is 2.00 bits per heavy atom. The number of rotatable bonds is 13. The van der Waals surface area contributed by atoms with Gasteiger partial charge in [-0.25, -0.2) is 4.79 Å². The number of nitrogens with zero attached hydrogens (tertiary/aromatic N) is 2. The van der Waals surface area contributed by atoms with Crippen molar-refractivity contribution in [1.29, 1.82) is 0 Å². The van der Waals surface area contributed by atoms with Crippen LogP contribution in [0.1, 0.15) is 73.6 Å². The third-order valence-electron chi connectivity index (χ3n) is 4.24. The summed E-state index contributed by atoms with van der Waals surface area (Å²) in [5.74, 6) is -1.66. The summed E-state index contributed by atoms with van der Waals surface area (Å²) in [6.45, 7) is 12.6. The van der Waals surface area contributed by atoms with Gasteiger partial charge in [0.1, 0.15) is 6.61 Å². The van der Waals surface area contributed by atoms with Crippen molar-refractivity contribution in [3.8, 4) is 0 Å².